The van der Waals surface area contributed by atoms with E-state index >= 15 is 0 Å². The molecule has 0 aliphatic rings. The highest BCUT2D eigenvalue weighted by Gasteiger charge is 2.15. The minimum Gasteiger partial charge on any atom is -0.494 e. The number of pyridine rings is 1. The summed E-state index contributed by atoms with van der Waals surface area (Å²) in [6.45, 7) is 3.77. The van der Waals surface area contributed by atoms with E-state index < -0.39 is 0 Å². The zero-order chi connectivity index (χ0) is 23.5. The Morgan fingerprint density at radius 3 is 2.55 bits per heavy atom. The number of halogens is 1. The summed E-state index contributed by atoms with van der Waals surface area (Å²) < 4.78 is 22.3. The molecule has 4 aromatic rings. The molecule has 8 heteroatoms. The van der Waals surface area contributed by atoms with E-state index in [9.17, 15) is 9.18 Å². The number of aryl methyl sites for hydroxylation is 1. The molecule has 2 aromatic carbocycles. The van der Waals surface area contributed by atoms with Gasteiger partial charge in [0.15, 0.2) is 0 Å². The van der Waals surface area contributed by atoms with Gasteiger partial charge >= 0.3 is 0 Å². The van der Waals surface area contributed by atoms with Crippen LogP contribution in [0.1, 0.15) is 29.8 Å². The Kier molecular flexibility index (Phi) is 6.08. The van der Waals surface area contributed by atoms with Crippen molar-refractivity contribution in [1.29, 1.82) is 5.41 Å². The second-order valence-corrected chi connectivity index (χ2v) is 7.71. The molecule has 0 aliphatic heterocycles. The first-order chi connectivity index (χ1) is 15.9. The van der Waals surface area contributed by atoms with Crippen LogP contribution in [-0.2, 0) is 0 Å². The molecule has 0 aliphatic carbocycles. The van der Waals surface area contributed by atoms with Crippen molar-refractivity contribution in [2.45, 2.75) is 19.9 Å². The molecule has 0 bridgehead atoms. The lowest BCUT2D eigenvalue weighted by atomic mass is 10.1. The van der Waals surface area contributed by atoms with Crippen LogP contribution in [0.4, 0.5) is 15.8 Å². The van der Waals surface area contributed by atoms with Gasteiger partial charge in [0.25, 0.3) is 5.56 Å². The molecular formula is C25H24FN5O2. The molecule has 33 heavy (non-hydrogen) atoms. The number of hydrogen-bond donors (Lipinski definition) is 2. The molecule has 0 saturated carbocycles. The molecule has 1 atom stereocenters. The standard InChI is InChI=1S/C25H24FN5O2/c1-16-13-30(15-28-16)23-9-8-21(11-24(23)33-3)29-22-10-18(12-27)14-31(25(22)32)17(2)19-4-6-20(26)7-5-19/h4-15,17,27,29H,1-3H3/t17-/m0/s1. The highest BCUT2D eigenvalue weighted by molar-refractivity contribution is 5.79. The fourth-order valence-corrected chi connectivity index (χ4v) is 3.66. The summed E-state index contributed by atoms with van der Waals surface area (Å²) >= 11 is 0. The molecule has 0 fully saturated rings. The molecule has 2 aromatic heterocycles. The number of ether oxygens (including phenoxy) is 1. The van der Waals surface area contributed by atoms with Gasteiger partial charge in [-0.15, -0.1) is 0 Å². The SMILES string of the molecule is COc1cc(Nc2cc(C=N)cn([C@@H](C)c3ccc(F)cc3)c2=O)ccc1-n1cnc(C)c1. The van der Waals surface area contributed by atoms with Crippen molar-refractivity contribution < 1.29 is 9.13 Å². The number of imidazole rings is 1. The van der Waals surface area contributed by atoms with Crippen LogP contribution in [0.2, 0.25) is 0 Å². The minimum atomic E-state index is -0.347. The van der Waals surface area contributed by atoms with Gasteiger partial charge in [-0.1, -0.05) is 12.1 Å². The number of methoxy groups -OCH3 is 1. The predicted molar refractivity (Wildman–Crippen MR) is 127 cm³/mol. The van der Waals surface area contributed by atoms with Crippen molar-refractivity contribution in [1.82, 2.24) is 14.1 Å². The Labute approximate surface area is 190 Å². The largest absolute Gasteiger partial charge is 0.494 e. The molecule has 4 rings (SSSR count). The number of benzene rings is 2. The van der Waals surface area contributed by atoms with Gasteiger partial charge in [0.05, 0.1) is 30.9 Å². The fourth-order valence-electron chi connectivity index (χ4n) is 3.66. The average molecular weight is 445 g/mol. The smallest absolute Gasteiger partial charge is 0.274 e. The zero-order valence-electron chi connectivity index (χ0n) is 18.5. The lowest BCUT2D eigenvalue weighted by Crippen LogP contribution is -2.26. The van der Waals surface area contributed by atoms with Crippen LogP contribution in [-0.4, -0.2) is 27.4 Å². The van der Waals surface area contributed by atoms with Crippen LogP contribution in [0.15, 0.2) is 72.0 Å². The first kappa shape index (κ1) is 22.0. The van der Waals surface area contributed by atoms with E-state index in [1.165, 1.54) is 22.9 Å². The number of nitrogens with zero attached hydrogens (tertiary/aromatic N) is 3. The van der Waals surface area contributed by atoms with Gasteiger partial charge in [0, 0.05) is 35.9 Å². The fraction of sp³-hybridized carbons (Fsp3) is 0.160. The number of rotatable bonds is 7. The van der Waals surface area contributed by atoms with E-state index in [1.54, 1.807) is 43.9 Å². The van der Waals surface area contributed by atoms with Crippen LogP contribution < -0.4 is 15.6 Å². The van der Waals surface area contributed by atoms with Crippen molar-refractivity contribution in [3.05, 3.63) is 100 Å². The van der Waals surface area contributed by atoms with Gasteiger partial charge < -0.3 is 24.6 Å². The molecule has 0 spiro atoms. The molecule has 168 valence electrons. The summed E-state index contributed by atoms with van der Waals surface area (Å²) in [5.74, 6) is 0.276. The third-order valence-electron chi connectivity index (χ3n) is 5.45. The Hall–Kier alpha value is -4.20. The zero-order valence-corrected chi connectivity index (χ0v) is 18.5. The second kappa shape index (κ2) is 9.12. The van der Waals surface area contributed by atoms with Crippen molar-refractivity contribution in [2.24, 2.45) is 0 Å². The highest BCUT2D eigenvalue weighted by Crippen LogP contribution is 2.28. The average Bonchev–Trinajstić information content (AvgIpc) is 3.26. The van der Waals surface area contributed by atoms with Crippen molar-refractivity contribution in [2.75, 3.05) is 12.4 Å². The minimum absolute atomic E-state index is 0.259. The molecule has 0 saturated heterocycles. The number of anilines is 2. The Morgan fingerprint density at radius 2 is 1.91 bits per heavy atom. The van der Waals surface area contributed by atoms with Gasteiger partial charge in [-0.05, 0) is 49.7 Å². The maximum atomic E-state index is 13.3. The summed E-state index contributed by atoms with van der Waals surface area (Å²) in [5, 5.41) is 10.9. The van der Waals surface area contributed by atoms with Gasteiger partial charge in [-0.2, -0.15) is 0 Å². The van der Waals surface area contributed by atoms with Crippen LogP contribution in [0.25, 0.3) is 5.69 Å². The molecule has 7 nitrogen and oxygen atoms in total. The molecule has 2 N–H and O–H groups in total. The van der Waals surface area contributed by atoms with Crippen LogP contribution in [0.5, 0.6) is 5.75 Å². The van der Waals surface area contributed by atoms with Crippen molar-refractivity contribution in [3.8, 4) is 11.4 Å². The summed E-state index contributed by atoms with van der Waals surface area (Å²) in [6, 6.07) is 12.8. The normalized spacial score (nSPS) is 11.8. The quantitative estimate of drug-likeness (QED) is 0.399. The summed E-state index contributed by atoms with van der Waals surface area (Å²) in [7, 11) is 1.58. The van der Waals surface area contributed by atoms with Crippen LogP contribution in [0, 0.1) is 18.2 Å². The lowest BCUT2D eigenvalue weighted by Gasteiger charge is -2.19. The van der Waals surface area contributed by atoms with Crippen molar-refractivity contribution in [3.63, 3.8) is 0 Å². The molecule has 0 unspecified atom stereocenters. The van der Waals surface area contributed by atoms with E-state index in [1.807, 2.05) is 36.7 Å². The van der Waals surface area contributed by atoms with E-state index in [-0.39, 0.29) is 17.4 Å². The third kappa shape index (κ3) is 4.55. The number of nitrogens with one attached hydrogen (secondary N) is 2. The van der Waals surface area contributed by atoms with Gasteiger partial charge in [0.2, 0.25) is 0 Å². The van der Waals surface area contributed by atoms with Gasteiger partial charge in [-0.25, -0.2) is 9.37 Å². The van der Waals surface area contributed by atoms with E-state index in [0.29, 0.717) is 22.7 Å². The third-order valence-corrected chi connectivity index (χ3v) is 5.45. The topological polar surface area (TPSA) is 84.9 Å². The molecule has 2 heterocycles. The van der Waals surface area contributed by atoms with Crippen LogP contribution >= 0.6 is 0 Å². The molecule has 0 radical (unpaired) electrons. The number of hydrogen-bond acceptors (Lipinski definition) is 5. The van der Waals surface area contributed by atoms with Crippen molar-refractivity contribution >= 4 is 17.6 Å². The maximum Gasteiger partial charge on any atom is 0.274 e. The van der Waals surface area contributed by atoms with Gasteiger partial charge in [0.1, 0.15) is 17.3 Å². The molecular weight excluding hydrogens is 421 g/mol. The van der Waals surface area contributed by atoms with E-state index in [0.717, 1.165) is 16.9 Å². The van der Waals surface area contributed by atoms with Crippen LogP contribution in [0.3, 0.4) is 0 Å². The monoisotopic (exact) mass is 445 g/mol. The lowest BCUT2D eigenvalue weighted by molar-refractivity contribution is 0.413. The first-order valence-corrected chi connectivity index (χ1v) is 10.4. The maximum absolute atomic E-state index is 13.3. The van der Waals surface area contributed by atoms with Gasteiger partial charge in [-0.3, -0.25) is 4.79 Å². The molecule has 0 amide bonds. The summed E-state index contributed by atoms with van der Waals surface area (Å²) in [4.78, 5) is 17.5. The van der Waals surface area contributed by atoms with E-state index in [2.05, 4.69) is 10.3 Å². The number of aromatic nitrogens is 3. The first-order valence-electron chi connectivity index (χ1n) is 10.4. The van der Waals surface area contributed by atoms with E-state index in [4.69, 9.17) is 10.1 Å². The second-order valence-electron chi connectivity index (χ2n) is 7.71. The predicted octanol–water partition coefficient (Wildman–Crippen LogP) is 4.84. The Morgan fingerprint density at radius 1 is 1.15 bits per heavy atom. The summed E-state index contributed by atoms with van der Waals surface area (Å²) in [6.07, 6.45) is 6.42. The summed E-state index contributed by atoms with van der Waals surface area (Å²) in [5.41, 5.74) is 3.77. The Bertz CT molecular complexity index is 1360. The Balaban J connectivity index is 1.71. The highest BCUT2D eigenvalue weighted by atomic mass is 19.1.